The third kappa shape index (κ3) is 4.30. The summed E-state index contributed by atoms with van der Waals surface area (Å²) in [7, 11) is 0. The van der Waals surface area contributed by atoms with Crippen molar-refractivity contribution in [3.05, 3.63) is 48.6 Å². The van der Waals surface area contributed by atoms with E-state index in [1.807, 2.05) is 13.0 Å². The van der Waals surface area contributed by atoms with Gasteiger partial charge in [0, 0.05) is 0 Å². The molecule has 0 aliphatic heterocycles. The summed E-state index contributed by atoms with van der Waals surface area (Å²) >= 11 is 0. The van der Waals surface area contributed by atoms with Gasteiger partial charge in [0.15, 0.2) is 0 Å². The van der Waals surface area contributed by atoms with Gasteiger partial charge in [-0.1, -0.05) is 43.4 Å². The number of rotatable bonds is 6. The van der Waals surface area contributed by atoms with E-state index in [1.165, 1.54) is 0 Å². The molecule has 22 heavy (non-hydrogen) atoms. The molecule has 0 aromatic heterocycles. The fraction of sp³-hybridized carbons (Fsp3) is 0.550. The number of hydrogen-bond acceptors (Lipinski definition) is 2. The molecule has 1 saturated carbocycles. The molecule has 1 aliphatic rings. The van der Waals surface area contributed by atoms with Crippen molar-refractivity contribution in [2.45, 2.75) is 52.6 Å². The lowest BCUT2D eigenvalue weighted by molar-refractivity contribution is -0.104. The first-order chi connectivity index (χ1) is 10.2. The maximum absolute atomic E-state index is 10.8. The summed E-state index contributed by atoms with van der Waals surface area (Å²) in [5.41, 5.74) is 0.991. The normalized spacial score (nSPS) is 32.5. The van der Waals surface area contributed by atoms with E-state index in [2.05, 4.69) is 27.0 Å². The standard InChI is InChI=1S/C20H30O2/c1-7-19(5)12-10-17(13-18(19)15(2)3)20(6,22)11-8-9-16(4)14-21/h7-9,11,14,17-18,22H,1-2,10,12-13H2,3-6H3/b11-8+,16-9-/t17-,18+,19-,20?/m0/s1. The van der Waals surface area contributed by atoms with E-state index in [1.54, 1.807) is 25.2 Å². The van der Waals surface area contributed by atoms with Crippen LogP contribution in [-0.2, 0) is 4.79 Å². The third-order valence-corrected chi connectivity index (χ3v) is 5.21. The Bertz CT molecular complexity index is 496. The molecule has 1 fully saturated rings. The van der Waals surface area contributed by atoms with Gasteiger partial charge in [0.1, 0.15) is 6.29 Å². The van der Waals surface area contributed by atoms with Gasteiger partial charge in [-0.2, -0.15) is 0 Å². The quantitative estimate of drug-likeness (QED) is 0.336. The predicted octanol–water partition coefficient (Wildman–Crippen LogP) is 4.62. The highest BCUT2D eigenvalue weighted by Crippen LogP contribution is 2.49. The largest absolute Gasteiger partial charge is 0.386 e. The molecule has 1 unspecified atom stereocenters. The maximum Gasteiger partial charge on any atom is 0.145 e. The summed E-state index contributed by atoms with van der Waals surface area (Å²) in [4.78, 5) is 10.6. The SMILES string of the molecule is C=C[C@@]1(C)CC[C@H](C(C)(O)/C=C/C=C(/C)C=O)C[C@@H]1C(=C)C. The van der Waals surface area contributed by atoms with Crippen LogP contribution in [0.5, 0.6) is 0 Å². The van der Waals surface area contributed by atoms with Crippen LogP contribution in [0.25, 0.3) is 0 Å². The number of aliphatic hydroxyl groups is 1. The van der Waals surface area contributed by atoms with Crippen molar-refractivity contribution in [3.8, 4) is 0 Å². The van der Waals surface area contributed by atoms with Crippen LogP contribution in [0.2, 0.25) is 0 Å². The topological polar surface area (TPSA) is 37.3 Å². The van der Waals surface area contributed by atoms with E-state index in [0.717, 1.165) is 31.1 Å². The van der Waals surface area contributed by atoms with Crippen LogP contribution in [-0.4, -0.2) is 17.0 Å². The van der Waals surface area contributed by atoms with Crippen molar-refractivity contribution < 1.29 is 9.90 Å². The first kappa shape index (κ1) is 18.6. The highest BCUT2D eigenvalue weighted by molar-refractivity contribution is 5.72. The van der Waals surface area contributed by atoms with E-state index in [4.69, 9.17) is 0 Å². The van der Waals surface area contributed by atoms with Crippen LogP contribution < -0.4 is 0 Å². The van der Waals surface area contributed by atoms with E-state index < -0.39 is 5.60 Å². The van der Waals surface area contributed by atoms with E-state index in [9.17, 15) is 9.90 Å². The van der Waals surface area contributed by atoms with E-state index >= 15 is 0 Å². The van der Waals surface area contributed by atoms with Crippen LogP contribution in [0.3, 0.4) is 0 Å². The zero-order valence-corrected chi connectivity index (χ0v) is 14.4. The van der Waals surface area contributed by atoms with Crippen LogP contribution >= 0.6 is 0 Å². The molecular formula is C20H30O2. The first-order valence-corrected chi connectivity index (χ1v) is 7.99. The van der Waals surface area contributed by atoms with Crippen LogP contribution in [0, 0.1) is 17.3 Å². The number of carbonyl (C=O) groups excluding carboxylic acids is 1. The number of carbonyl (C=O) groups is 1. The van der Waals surface area contributed by atoms with Gasteiger partial charge in [-0.25, -0.2) is 0 Å². The second kappa shape index (κ2) is 7.23. The Morgan fingerprint density at radius 2 is 2.05 bits per heavy atom. The lowest BCUT2D eigenvalue weighted by Gasteiger charge is -2.46. The summed E-state index contributed by atoms with van der Waals surface area (Å²) in [5, 5.41) is 10.8. The molecule has 0 radical (unpaired) electrons. The van der Waals surface area contributed by atoms with Crippen molar-refractivity contribution >= 4 is 6.29 Å². The first-order valence-electron chi connectivity index (χ1n) is 7.99. The Morgan fingerprint density at radius 3 is 2.55 bits per heavy atom. The van der Waals surface area contributed by atoms with Crippen LogP contribution in [0.15, 0.2) is 48.6 Å². The summed E-state index contributed by atoms with van der Waals surface area (Å²) in [6, 6.07) is 0. The Kier molecular flexibility index (Phi) is 6.13. The van der Waals surface area contributed by atoms with E-state index in [-0.39, 0.29) is 11.3 Å². The molecule has 2 heteroatoms. The fourth-order valence-corrected chi connectivity index (χ4v) is 3.44. The monoisotopic (exact) mass is 302 g/mol. The minimum absolute atomic E-state index is 0.0656. The molecule has 0 amide bonds. The van der Waals surface area contributed by atoms with Crippen LogP contribution in [0.4, 0.5) is 0 Å². The molecule has 0 bridgehead atoms. The molecule has 1 N–H and O–H groups in total. The Hall–Kier alpha value is -1.41. The molecule has 0 heterocycles. The molecular weight excluding hydrogens is 272 g/mol. The Morgan fingerprint density at radius 1 is 1.41 bits per heavy atom. The predicted molar refractivity (Wildman–Crippen MR) is 93.5 cm³/mol. The summed E-state index contributed by atoms with van der Waals surface area (Å²) in [6.45, 7) is 16.0. The van der Waals surface area contributed by atoms with Gasteiger partial charge in [0.25, 0.3) is 0 Å². The molecule has 1 rings (SSSR count). The highest BCUT2D eigenvalue weighted by atomic mass is 16.3. The lowest BCUT2D eigenvalue weighted by Crippen LogP contribution is -2.42. The molecule has 0 saturated heterocycles. The Labute approximate surface area is 135 Å². The molecule has 0 aromatic rings. The number of aldehydes is 1. The molecule has 0 spiro atoms. The highest BCUT2D eigenvalue weighted by Gasteiger charge is 2.42. The molecule has 2 nitrogen and oxygen atoms in total. The van der Waals surface area contributed by atoms with E-state index in [0.29, 0.717) is 11.5 Å². The smallest absolute Gasteiger partial charge is 0.145 e. The lowest BCUT2D eigenvalue weighted by atomic mass is 9.59. The summed E-state index contributed by atoms with van der Waals surface area (Å²) in [5.74, 6) is 0.527. The molecule has 1 aliphatic carbocycles. The van der Waals surface area contributed by atoms with Gasteiger partial charge in [-0.3, -0.25) is 4.79 Å². The van der Waals surface area contributed by atoms with Crippen molar-refractivity contribution in [1.82, 2.24) is 0 Å². The maximum atomic E-state index is 10.8. The number of allylic oxidation sites excluding steroid dienone is 5. The van der Waals surface area contributed by atoms with Gasteiger partial charge in [-0.05, 0) is 62.9 Å². The van der Waals surface area contributed by atoms with Gasteiger partial charge < -0.3 is 5.11 Å². The van der Waals surface area contributed by atoms with Crippen molar-refractivity contribution in [2.24, 2.45) is 17.3 Å². The molecule has 122 valence electrons. The van der Waals surface area contributed by atoms with Crippen molar-refractivity contribution in [2.75, 3.05) is 0 Å². The van der Waals surface area contributed by atoms with Gasteiger partial charge in [-0.15, -0.1) is 6.58 Å². The zero-order chi connectivity index (χ0) is 17.0. The fourth-order valence-electron chi connectivity index (χ4n) is 3.44. The Balaban J connectivity index is 2.91. The third-order valence-electron chi connectivity index (χ3n) is 5.21. The van der Waals surface area contributed by atoms with Gasteiger partial charge in [0.2, 0.25) is 0 Å². The minimum atomic E-state index is -0.879. The average Bonchev–Trinajstić information content (AvgIpc) is 2.46. The van der Waals surface area contributed by atoms with Gasteiger partial charge in [0.05, 0.1) is 5.60 Å². The second-order valence-corrected chi connectivity index (χ2v) is 7.19. The molecule has 0 aromatic carbocycles. The van der Waals surface area contributed by atoms with Crippen molar-refractivity contribution in [1.29, 1.82) is 0 Å². The minimum Gasteiger partial charge on any atom is -0.386 e. The summed E-state index contributed by atoms with van der Waals surface area (Å²) in [6.07, 6.45) is 11.0. The van der Waals surface area contributed by atoms with Gasteiger partial charge >= 0.3 is 0 Å². The molecule has 4 atom stereocenters. The zero-order valence-electron chi connectivity index (χ0n) is 14.4. The van der Waals surface area contributed by atoms with Crippen LogP contribution in [0.1, 0.15) is 47.0 Å². The van der Waals surface area contributed by atoms with Crippen molar-refractivity contribution in [3.63, 3.8) is 0 Å². The number of hydrogen-bond donors (Lipinski definition) is 1. The second-order valence-electron chi connectivity index (χ2n) is 7.19. The summed E-state index contributed by atoms with van der Waals surface area (Å²) < 4.78 is 0. The average molecular weight is 302 g/mol.